The van der Waals surface area contributed by atoms with E-state index in [-0.39, 0.29) is 18.4 Å². The number of hydrogen-bond donors (Lipinski definition) is 2. The molecule has 0 amide bonds. The molecule has 0 saturated carbocycles. The highest BCUT2D eigenvalue weighted by Crippen LogP contribution is 2.23. The third-order valence-electron chi connectivity index (χ3n) is 3.06. The quantitative estimate of drug-likeness (QED) is 0.825. The van der Waals surface area contributed by atoms with E-state index in [1.807, 2.05) is 37.4 Å². The minimum Gasteiger partial charge on any atom is -0.503 e. The van der Waals surface area contributed by atoms with E-state index in [1.165, 1.54) is 6.07 Å². The Hall–Kier alpha value is -1.33. The highest BCUT2D eigenvalue weighted by molar-refractivity contribution is 5.30. The van der Waals surface area contributed by atoms with Gasteiger partial charge in [0.2, 0.25) is 5.43 Å². The largest absolute Gasteiger partial charge is 0.503 e. The van der Waals surface area contributed by atoms with Crippen LogP contribution >= 0.6 is 0 Å². The van der Waals surface area contributed by atoms with Gasteiger partial charge in [0.05, 0.1) is 12.3 Å². The first-order valence-corrected chi connectivity index (χ1v) is 6.14. The first-order valence-electron chi connectivity index (χ1n) is 6.14. The topological polar surface area (TPSA) is 65.7 Å². The molecule has 0 aliphatic rings. The van der Waals surface area contributed by atoms with Gasteiger partial charge in [-0.2, -0.15) is 0 Å². The predicted molar refractivity (Wildman–Crippen MR) is 70.7 cm³/mol. The van der Waals surface area contributed by atoms with E-state index in [4.69, 9.17) is 0 Å². The van der Waals surface area contributed by atoms with Crippen molar-refractivity contribution < 1.29 is 10.2 Å². The summed E-state index contributed by atoms with van der Waals surface area (Å²) in [5.41, 5.74) is 0.672. The fraction of sp³-hybridized carbons (Fsp3) is 0.615. The SMILES string of the molecule is CCC(C)n1c(CO)cc(=O)c(O)c1CN(C)C. The number of aliphatic hydroxyl groups is 1. The highest BCUT2D eigenvalue weighted by Gasteiger charge is 2.18. The molecule has 0 aromatic carbocycles. The molecular formula is C13H22N2O3. The Morgan fingerprint density at radius 1 is 1.44 bits per heavy atom. The zero-order valence-electron chi connectivity index (χ0n) is 11.5. The van der Waals surface area contributed by atoms with E-state index in [9.17, 15) is 15.0 Å². The van der Waals surface area contributed by atoms with Gasteiger partial charge in [0.1, 0.15) is 0 Å². The molecule has 1 unspecified atom stereocenters. The molecule has 0 aliphatic heterocycles. The van der Waals surface area contributed by atoms with Gasteiger partial charge in [-0.15, -0.1) is 0 Å². The molecule has 1 aromatic rings. The third-order valence-corrected chi connectivity index (χ3v) is 3.06. The average molecular weight is 254 g/mol. The fourth-order valence-electron chi connectivity index (χ4n) is 2.02. The first kappa shape index (κ1) is 14.7. The zero-order chi connectivity index (χ0) is 13.9. The maximum atomic E-state index is 11.7. The van der Waals surface area contributed by atoms with E-state index in [0.29, 0.717) is 17.9 Å². The molecule has 0 aliphatic carbocycles. The fourth-order valence-corrected chi connectivity index (χ4v) is 2.02. The van der Waals surface area contributed by atoms with Crippen LogP contribution in [0.1, 0.15) is 37.7 Å². The average Bonchev–Trinajstić information content (AvgIpc) is 2.33. The molecule has 5 nitrogen and oxygen atoms in total. The van der Waals surface area contributed by atoms with Crippen molar-refractivity contribution in [1.29, 1.82) is 0 Å². The number of aliphatic hydroxyl groups excluding tert-OH is 1. The van der Waals surface area contributed by atoms with Crippen LogP contribution in [0.25, 0.3) is 0 Å². The molecule has 0 bridgehead atoms. The van der Waals surface area contributed by atoms with Crippen LogP contribution in [0.5, 0.6) is 5.75 Å². The first-order chi connectivity index (χ1) is 8.42. The second-order valence-electron chi connectivity index (χ2n) is 4.82. The van der Waals surface area contributed by atoms with Crippen LogP contribution in [0.4, 0.5) is 0 Å². The molecule has 0 radical (unpaired) electrons. The summed E-state index contributed by atoms with van der Waals surface area (Å²) in [7, 11) is 3.74. The molecule has 1 aromatic heterocycles. The lowest BCUT2D eigenvalue weighted by molar-refractivity contribution is 0.258. The van der Waals surface area contributed by atoms with Gasteiger partial charge in [-0.3, -0.25) is 4.79 Å². The van der Waals surface area contributed by atoms with E-state index >= 15 is 0 Å². The minimum absolute atomic E-state index is 0.119. The van der Waals surface area contributed by atoms with Crippen LogP contribution < -0.4 is 5.43 Å². The molecule has 0 saturated heterocycles. The third kappa shape index (κ3) is 2.91. The van der Waals surface area contributed by atoms with Gasteiger partial charge >= 0.3 is 0 Å². The zero-order valence-corrected chi connectivity index (χ0v) is 11.5. The molecule has 5 heteroatoms. The number of aromatic hydroxyl groups is 1. The summed E-state index contributed by atoms with van der Waals surface area (Å²) in [6, 6.07) is 1.43. The van der Waals surface area contributed by atoms with Crippen molar-refractivity contribution in [3.8, 4) is 5.75 Å². The van der Waals surface area contributed by atoms with Crippen molar-refractivity contribution in [1.82, 2.24) is 9.47 Å². The normalized spacial score (nSPS) is 13.0. The van der Waals surface area contributed by atoms with Crippen molar-refractivity contribution in [2.24, 2.45) is 0 Å². The van der Waals surface area contributed by atoms with Crippen LogP contribution in [-0.2, 0) is 13.2 Å². The summed E-state index contributed by atoms with van der Waals surface area (Å²) in [6.07, 6.45) is 0.857. The summed E-state index contributed by atoms with van der Waals surface area (Å²) < 4.78 is 1.86. The Bertz CT molecular complexity index is 466. The number of nitrogens with zero attached hydrogens (tertiary/aromatic N) is 2. The van der Waals surface area contributed by atoms with Gasteiger partial charge in [0.25, 0.3) is 0 Å². The molecule has 1 heterocycles. The Balaban J connectivity index is 3.50. The van der Waals surface area contributed by atoms with Gasteiger partial charge in [0.15, 0.2) is 5.75 Å². The lowest BCUT2D eigenvalue weighted by Crippen LogP contribution is -2.24. The number of rotatable bonds is 5. The molecule has 2 N–H and O–H groups in total. The standard InChI is InChI=1S/C13H22N2O3/c1-5-9(2)15-10(8-16)6-12(17)13(18)11(15)7-14(3)4/h6,9,16,18H,5,7-8H2,1-4H3. The highest BCUT2D eigenvalue weighted by atomic mass is 16.3. The van der Waals surface area contributed by atoms with Crippen LogP contribution in [0, 0.1) is 0 Å². The monoisotopic (exact) mass is 254 g/mol. The smallest absolute Gasteiger partial charge is 0.223 e. The summed E-state index contributed by atoms with van der Waals surface area (Å²) in [5, 5.41) is 19.3. The molecule has 1 rings (SSSR count). The van der Waals surface area contributed by atoms with Crippen molar-refractivity contribution >= 4 is 0 Å². The lowest BCUT2D eigenvalue weighted by atomic mass is 10.1. The van der Waals surface area contributed by atoms with E-state index in [1.54, 1.807) is 0 Å². The summed E-state index contributed by atoms with van der Waals surface area (Å²) in [4.78, 5) is 13.6. The maximum absolute atomic E-state index is 11.7. The van der Waals surface area contributed by atoms with Crippen LogP contribution in [0.3, 0.4) is 0 Å². The molecule has 102 valence electrons. The Morgan fingerprint density at radius 2 is 2.06 bits per heavy atom. The van der Waals surface area contributed by atoms with Gasteiger partial charge in [-0.25, -0.2) is 0 Å². The Kier molecular flexibility index (Phi) is 4.93. The summed E-state index contributed by atoms with van der Waals surface area (Å²) in [5.74, 6) is -0.221. The maximum Gasteiger partial charge on any atom is 0.223 e. The number of aromatic nitrogens is 1. The molecule has 0 spiro atoms. The van der Waals surface area contributed by atoms with Crippen LogP contribution in [0.2, 0.25) is 0 Å². The molecule has 1 atom stereocenters. The van der Waals surface area contributed by atoms with E-state index < -0.39 is 5.43 Å². The van der Waals surface area contributed by atoms with Gasteiger partial charge in [0, 0.05) is 24.3 Å². The van der Waals surface area contributed by atoms with Crippen molar-refractivity contribution in [2.75, 3.05) is 14.1 Å². The Labute approximate surface area is 107 Å². The van der Waals surface area contributed by atoms with Crippen molar-refractivity contribution in [3.05, 3.63) is 27.7 Å². The number of pyridine rings is 1. The van der Waals surface area contributed by atoms with Gasteiger partial charge < -0.3 is 19.7 Å². The van der Waals surface area contributed by atoms with Crippen molar-refractivity contribution in [3.63, 3.8) is 0 Å². The Morgan fingerprint density at radius 3 is 2.50 bits per heavy atom. The number of hydrogen-bond acceptors (Lipinski definition) is 4. The van der Waals surface area contributed by atoms with Crippen molar-refractivity contribution in [2.45, 2.75) is 39.5 Å². The molecular weight excluding hydrogens is 232 g/mol. The van der Waals surface area contributed by atoms with E-state index in [2.05, 4.69) is 0 Å². The summed E-state index contributed by atoms with van der Waals surface area (Å²) >= 11 is 0. The minimum atomic E-state index is -0.435. The van der Waals surface area contributed by atoms with Gasteiger partial charge in [-0.05, 0) is 27.4 Å². The second kappa shape index (κ2) is 6.02. The van der Waals surface area contributed by atoms with Gasteiger partial charge in [-0.1, -0.05) is 6.92 Å². The predicted octanol–water partition coefficient (Wildman–Crippen LogP) is 1.08. The summed E-state index contributed by atoms with van der Waals surface area (Å²) in [6.45, 7) is 4.28. The van der Waals surface area contributed by atoms with E-state index in [0.717, 1.165) is 6.42 Å². The van der Waals surface area contributed by atoms with Crippen LogP contribution in [0.15, 0.2) is 10.9 Å². The molecule has 18 heavy (non-hydrogen) atoms. The second-order valence-corrected chi connectivity index (χ2v) is 4.82. The lowest BCUT2D eigenvalue weighted by Gasteiger charge is -2.25. The van der Waals surface area contributed by atoms with Crippen LogP contribution in [-0.4, -0.2) is 33.8 Å². The molecule has 0 fully saturated rings.